The van der Waals surface area contributed by atoms with Gasteiger partial charge < -0.3 is 15.0 Å². The predicted molar refractivity (Wildman–Crippen MR) is 114 cm³/mol. The third kappa shape index (κ3) is 4.83. The first-order valence-electron chi connectivity index (χ1n) is 9.68. The van der Waals surface area contributed by atoms with Gasteiger partial charge in [0.2, 0.25) is 11.8 Å². The Labute approximate surface area is 174 Å². The molecule has 0 aliphatic heterocycles. The standard InChI is InChI=1S/C22H24N4O4/c1-3-12-25(13-20(27)24-18-10-6-7-11-19(18)30-2)21(28)14-26-15-23-17-9-5-4-8-16(17)22(26)29/h4-11,15H,3,12-14H2,1-2H3,(H,24,27). The average Bonchev–Trinajstić information content (AvgIpc) is 2.76. The molecule has 1 heterocycles. The maximum absolute atomic E-state index is 12.8. The second-order valence-electron chi connectivity index (χ2n) is 6.76. The van der Waals surface area contributed by atoms with Crippen molar-refractivity contribution in [3.05, 3.63) is 65.2 Å². The van der Waals surface area contributed by atoms with Crippen LogP contribution in [0.15, 0.2) is 59.7 Å². The fourth-order valence-electron chi connectivity index (χ4n) is 3.14. The lowest BCUT2D eigenvalue weighted by Gasteiger charge is -2.22. The maximum atomic E-state index is 12.8. The molecule has 0 radical (unpaired) electrons. The van der Waals surface area contributed by atoms with Crippen molar-refractivity contribution in [1.82, 2.24) is 14.5 Å². The molecule has 3 aromatic rings. The quantitative estimate of drug-likeness (QED) is 0.617. The van der Waals surface area contributed by atoms with Crippen LogP contribution in [-0.4, -0.2) is 46.5 Å². The van der Waals surface area contributed by atoms with Crippen LogP contribution < -0.4 is 15.6 Å². The van der Waals surface area contributed by atoms with Crippen molar-refractivity contribution in [2.45, 2.75) is 19.9 Å². The highest BCUT2D eigenvalue weighted by Crippen LogP contribution is 2.22. The summed E-state index contributed by atoms with van der Waals surface area (Å²) in [6.45, 7) is 2.01. The fraction of sp³-hybridized carbons (Fsp3) is 0.273. The van der Waals surface area contributed by atoms with Crippen LogP contribution in [0.4, 0.5) is 5.69 Å². The monoisotopic (exact) mass is 408 g/mol. The van der Waals surface area contributed by atoms with Crippen molar-refractivity contribution in [2.24, 2.45) is 0 Å². The van der Waals surface area contributed by atoms with Gasteiger partial charge in [0.15, 0.2) is 0 Å². The van der Waals surface area contributed by atoms with Crippen LogP contribution >= 0.6 is 0 Å². The van der Waals surface area contributed by atoms with Crippen molar-refractivity contribution in [3.8, 4) is 5.75 Å². The second-order valence-corrected chi connectivity index (χ2v) is 6.76. The Bertz CT molecular complexity index is 1110. The second kappa shape index (κ2) is 9.69. The smallest absolute Gasteiger partial charge is 0.261 e. The van der Waals surface area contributed by atoms with Crippen molar-refractivity contribution in [2.75, 3.05) is 25.5 Å². The molecule has 0 unspecified atom stereocenters. The van der Waals surface area contributed by atoms with Crippen LogP contribution in [0.3, 0.4) is 0 Å². The maximum Gasteiger partial charge on any atom is 0.261 e. The average molecular weight is 408 g/mol. The zero-order valence-corrected chi connectivity index (χ0v) is 17.0. The molecule has 3 rings (SSSR count). The lowest BCUT2D eigenvalue weighted by Crippen LogP contribution is -2.41. The van der Waals surface area contributed by atoms with E-state index in [9.17, 15) is 14.4 Å². The molecule has 0 aliphatic carbocycles. The van der Waals surface area contributed by atoms with Crippen LogP contribution in [0, 0.1) is 0 Å². The van der Waals surface area contributed by atoms with E-state index < -0.39 is 0 Å². The van der Waals surface area contributed by atoms with Crippen LogP contribution in [0.2, 0.25) is 0 Å². The van der Waals surface area contributed by atoms with E-state index in [1.165, 1.54) is 22.9 Å². The number of benzene rings is 2. The van der Waals surface area contributed by atoms with E-state index in [2.05, 4.69) is 10.3 Å². The molecule has 0 saturated carbocycles. The van der Waals surface area contributed by atoms with Crippen molar-refractivity contribution >= 4 is 28.4 Å². The van der Waals surface area contributed by atoms with Crippen LogP contribution in [0.5, 0.6) is 5.75 Å². The molecule has 1 aromatic heterocycles. The van der Waals surface area contributed by atoms with E-state index in [1.807, 2.05) is 6.92 Å². The molecular formula is C22H24N4O4. The topological polar surface area (TPSA) is 93.5 Å². The molecule has 0 spiro atoms. The number of methoxy groups -OCH3 is 1. The number of nitrogens with zero attached hydrogens (tertiary/aromatic N) is 3. The minimum Gasteiger partial charge on any atom is -0.495 e. The zero-order chi connectivity index (χ0) is 21.5. The van der Waals surface area contributed by atoms with Gasteiger partial charge in [-0.3, -0.25) is 19.0 Å². The highest BCUT2D eigenvalue weighted by atomic mass is 16.5. The number of nitrogens with one attached hydrogen (secondary N) is 1. The van der Waals surface area contributed by atoms with Gasteiger partial charge in [-0.1, -0.05) is 31.2 Å². The third-order valence-corrected chi connectivity index (χ3v) is 4.60. The summed E-state index contributed by atoms with van der Waals surface area (Å²) in [7, 11) is 1.52. The molecule has 0 fully saturated rings. The molecular weight excluding hydrogens is 384 g/mol. The molecule has 8 heteroatoms. The van der Waals surface area contributed by atoms with E-state index in [0.717, 1.165) is 0 Å². The predicted octanol–water partition coefficient (Wildman–Crippen LogP) is 2.28. The minimum absolute atomic E-state index is 0.125. The zero-order valence-electron chi connectivity index (χ0n) is 17.0. The summed E-state index contributed by atoms with van der Waals surface area (Å²) in [4.78, 5) is 43.7. The van der Waals surface area contributed by atoms with Gasteiger partial charge in [-0.15, -0.1) is 0 Å². The Morgan fingerprint density at radius 1 is 1.13 bits per heavy atom. The van der Waals surface area contributed by atoms with Gasteiger partial charge in [-0.25, -0.2) is 4.98 Å². The van der Waals surface area contributed by atoms with Crippen molar-refractivity contribution < 1.29 is 14.3 Å². The van der Waals surface area contributed by atoms with E-state index in [4.69, 9.17) is 4.74 Å². The van der Waals surface area contributed by atoms with E-state index in [1.54, 1.807) is 48.5 Å². The molecule has 2 aromatic carbocycles. The number of amides is 2. The van der Waals surface area contributed by atoms with Gasteiger partial charge in [0, 0.05) is 6.54 Å². The number of rotatable bonds is 8. The molecule has 30 heavy (non-hydrogen) atoms. The first-order chi connectivity index (χ1) is 14.5. The van der Waals surface area contributed by atoms with E-state index in [0.29, 0.717) is 35.3 Å². The first-order valence-corrected chi connectivity index (χ1v) is 9.68. The van der Waals surface area contributed by atoms with Crippen LogP contribution in [-0.2, 0) is 16.1 Å². The largest absolute Gasteiger partial charge is 0.495 e. The van der Waals surface area contributed by atoms with E-state index in [-0.39, 0.29) is 30.5 Å². The summed E-state index contributed by atoms with van der Waals surface area (Å²) in [5.41, 5.74) is 0.820. The molecule has 156 valence electrons. The Balaban J connectivity index is 1.72. The first kappa shape index (κ1) is 21.0. The molecule has 1 N–H and O–H groups in total. The number of fused-ring (bicyclic) bond motifs is 1. The van der Waals surface area contributed by atoms with Crippen LogP contribution in [0.25, 0.3) is 10.9 Å². The number of ether oxygens (including phenoxy) is 1. The number of aromatic nitrogens is 2. The lowest BCUT2D eigenvalue weighted by molar-refractivity contribution is -0.135. The highest BCUT2D eigenvalue weighted by Gasteiger charge is 2.19. The Kier molecular flexibility index (Phi) is 6.79. The Morgan fingerprint density at radius 2 is 1.87 bits per heavy atom. The number of anilines is 1. The fourth-order valence-corrected chi connectivity index (χ4v) is 3.14. The molecule has 0 bridgehead atoms. The summed E-state index contributed by atoms with van der Waals surface area (Å²) >= 11 is 0. The summed E-state index contributed by atoms with van der Waals surface area (Å²) in [5, 5.41) is 3.21. The summed E-state index contributed by atoms with van der Waals surface area (Å²) < 4.78 is 6.50. The number of carbonyl (C=O) groups excluding carboxylic acids is 2. The minimum atomic E-state index is -0.342. The summed E-state index contributed by atoms with van der Waals surface area (Å²) in [5.74, 6) is -0.135. The summed E-state index contributed by atoms with van der Waals surface area (Å²) in [6.07, 6.45) is 2.04. The normalized spacial score (nSPS) is 10.6. The summed E-state index contributed by atoms with van der Waals surface area (Å²) in [6, 6.07) is 14.0. The van der Waals surface area contributed by atoms with Gasteiger partial charge in [-0.2, -0.15) is 0 Å². The highest BCUT2D eigenvalue weighted by molar-refractivity contribution is 5.95. The van der Waals surface area contributed by atoms with Crippen molar-refractivity contribution in [1.29, 1.82) is 0 Å². The Morgan fingerprint density at radius 3 is 2.63 bits per heavy atom. The third-order valence-electron chi connectivity index (χ3n) is 4.60. The van der Waals surface area contributed by atoms with E-state index >= 15 is 0 Å². The molecule has 2 amide bonds. The lowest BCUT2D eigenvalue weighted by atomic mass is 10.2. The van der Waals surface area contributed by atoms with Gasteiger partial charge in [0.05, 0.1) is 36.6 Å². The van der Waals surface area contributed by atoms with Gasteiger partial charge in [0.1, 0.15) is 12.3 Å². The van der Waals surface area contributed by atoms with Crippen LogP contribution in [0.1, 0.15) is 13.3 Å². The SMILES string of the molecule is CCCN(CC(=O)Nc1ccccc1OC)C(=O)Cn1cnc2ccccc2c1=O. The Hall–Kier alpha value is -3.68. The molecule has 0 aliphatic rings. The molecule has 0 saturated heterocycles. The number of carbonyl (C=O) groups is 2. The number of hydrogen-bond acceptors (Lipinski definition) is 5. The van der Waals surface area contributed by atoms with Gasteiger partial charge >= 0.3 is 0 Å². The molecule has 0 atom stereocenters. The van der Waals surface area contributed by atoms with Gasteiger partial charge in [-0.05, 0) is 30.7 Å². The van der Waals surface area contributed by atoms with Gasteiger partial charge in [0.25, 0.3) is 5.56 Å². The van der Waals surface area contributed by atoms with Crippen molar-refractivity contribution in [3.63, 3.8) is 0 Å². The number of hydrogen-bond donors (Lipinski definition) is 1. The number of para-hydroxylation sites is 3. The molecule has 8 nitrogen and oxygen atoms in total.